The van der Waals surface area contributed by atoms with Crippen LogP contribution in [0.1, 0.15) is 52.9 Å². The fourth-order valence-corrected chi connectivity index (χ4v) is 3.11. The number of hydrogen-bond donors (Lipinski definition) is 1. The monoisotopic (exact) mass is 350 g/mol. The second-order valence-electron chi connectivity index (χ2n) is 7.07. The molecule has 2 rings (SSSR count). The zero-order chi connectivity index (χ0) is 17.6. The van der Waals surface area contributed by atoms with E-state index < -0.39 is 0 Å². The molecule has 0 aliphatic heterocycles. The molecule has 1 saturated carbocycles. The van der Waals surface area contributed by atoms with Gasteiger partial charge in [-0.3, -0.25) is 4.79 Å². The molecule has 1 aliphatic rings. The number of nitrogens with zero attached hydrogens (tertiary/aromatic N) is 1. The molecule has 1 aromatic rings. The lowest BCUT2D eigenvalue weighted by Crippen LogP contribution is -2.30. The number of hydrogen-bond acceptors (Lipinski definition) is 3. The number of benzene rings is 1. The molecule has 0 spiro atoms. The standard InChI is InChI=1S/C19H27ClN2O2/c1-4-19(2,3)14-5-9-16(10-6-14)21-22-18(23)13-24-17-11-7-15(20)8-12-17/h7-8,11-12,14H,4-6,9-10,13H2,1-3H3,(H,22,23). The fraction of sp³-hybridized carbons (Fsp3) is 0.579. The lowest BCUT2D eigenvalue weighted by Gasteiger charge is -2.36. The average molecular weight is 351 g/mol. The Morgan fingerprint density at radius 1 is 1.29 bits per heavy atom. The van der Waals surface area contributed by atoms with Crippen LogP contribution in [-0.4, -0.2) is 18.2 Å². The molecule has 0 atom stereocenters. The second-order valence-corrected chi connectivity index (χ2v) is 7.51. The lowest BCUT2D eigenvalue weighted by molar-refractivity contribution is -0.123. The quantitative estimate of drug-likeness (QED) is 0.748. The highest BCUT2D eigenvalue weighted by Crippen LogP contribution is 2.39. The summed E-state index contributed by atoms with van der Waals surface area (Å²) >= 11 is 5.81. The predicted molar refractivity (Wildman–Crippen MR) is 98.6 cm³/mol. The number of rotatable bonds is 6. The van der Waals surface area contributed by atoms with E-state index in [9.17, 15) is 4.79 Å². The molecule has 5 heteroatoms. The molecule has 1 aliphatic carbocycles. The summed E-state index contributed by atoms with van der Waals surface area (Å²) in [5.41, 5.74) is 4.07. The first-order valence-corrected chi connectivity index (χ1v) is 9.01. The summed E-state index contributed by atoms with van der Waals surface area (Å²) in [7, 11) is 0. The van der Waals surface area contributed by atoms with Crippen molar-refractivity contribution >= 4 is 23.2 Å². The minimum absolute atomic E-state index is 0.0517. The summed E-state index contributed by atoms with van der Waals surface area (Å²) in [5.74, 6) is 1.11. The van der Waals surface area contributed by atoms with Crippen LogP contribution in [0.3, 0.4) is 0 Å². The first-order chi connectivity index (χ1) is 11.4. The van der Waals surface area contributed by atoms with Crippen LogP contribution in [0.15, 0.2) is 29.4 Å². The van der Waals surface area contributed by atoms with Gasteiger partial charge in [0.25, 0.3) is 5.91 Å². The van der Waals surface area contributed by atoms with E-state index in [2.05, 4.69) is 31.3 Å². The SMILES string of the molecule is CCC(C)(C)C1CCC(=NNC(=O)COc2ccc(Cl)cc2)CC1. The highest BCUT2D eigenvalue weighted by molar-refractivity contribution is 6.30. The number of carbonyl (C=O) groups excluding carboxylic acids is 1. The third kappa shape index (κ3) is 5.52. The molecule has 0 bridgehead atoms. The van der Waals surface area contributed by atoms with Crippen LogP contribution in [0.4, 0.5) is 0 Å². The van der Waals surface area contributed by atoms with Crippen LogP contribution in [-0.2, 0) is 4.79 Å². The Labute approximate surface area is 149 Å². The largest absolute Gasteiger partial charge is 0.484 e. The van der Waals surface area contributed by atoms with Gasteiger partial charge in [-0.25, -0.2) is 5.43 Å². The second kappa shape index (κ2) is 8.52. The average Bonchev–Trinajstić information content (AvgIpc) is 2.60. The predicted octanol–water partition coefficient (Wildman–Crippen LogP) is 4.82. The highest BCUT2D eigenvalue weighted by atomic mass is 35.5. The highest BCUT2D eigenvalue weighted by Gasteiger charge is 2.30. The Morgan fingerprint density at radius 2 is 1.92 bits per heavy atom. The van der Waals surface area contributed by atoms with Gasteiger partial charge in [-0.05, 0) is 61.3 Å². The maximum absolute atomic E-state index is 11.8. The zero-order valence-corrected chi connectivity index (χ0v) is 15.5. The molecule has 24 heavy (non-hydrogen) atoms. The smallest absolute Gasteiger partial charge is 0.277 e. The summed E-state index contributed by atoms with van der Waals surface area (Å²) in [5, 5.41) is 4.91. The van der Waals surface area contributed by atoms with Gasteiger partial charge in [-0.1, -0.05) is 38.8 Å². The number of nitrogens with one attached hydrogen (secondary N) is 1. The third-order valence-electron chi connectivity index (χ3n) is 5.10. The maximum Gasteiger partial charge on any atom is 0.277 e. The summed E-state index contributed by atoms with van der Waals surface area (Å²) in [4.78, 5) is 11.8. The summed E-state index contributed by atoms with van der Waals surface area (Å²) in [6.07, 6.45) is 5.43. The van der Waals surface area contributed by atoms with E-state index in [1.54, 1.807) is 24.3 Å². The van der Waals surface area contributed by atoms with Gasteiger partial charge >= 0.3 is 0 Å². The van der Waals surface area contributed by atoms with Gasteiger partial charge in [0.15, 0.2) is 6.61 Å². The van der Waals surface area contributed by atoms with Crippen molar-refractivity contribution < 1.29 is 9.53 Å². The van der Waals surface area contributed by atoms with Gasteiger partial charge in [0, 0.05) is 10.7 Å². The van der Waals surface area contributed by atoms with E-state index in [1.807, 2.05) is 0 Å². The Balaban J connectivity index is 1.73. The van der Waals surface area contributed by atoms with E-state index in [0.29, 0.717) is 16.2 Å². The van der Waals surface area contributed by atoms with Crippen LogP contribution in [0.2, 0.25) is 5.02 Å². The molecule has 0 aromatic heterocycles. The summed E-state index contributed by atoms with van der Waals surface area (Å²) in [6.45, 7) is 6.89. The van der Waals surface area contributed by atoms with Gasteiger partial charge in [0.1, 0.15) is 5.75 Å². The molecule has 4 nitrogen and oxygen atoms in total. The zero-order valence-electron chi connectivity index (χ0n) is 14.8. The lowest BCUT2D eigenvalue weighted by atomic mass is 9.69. The minimum Gasteiger partial charge on any atom is -0.484 e. The number of carbonyl (C=O) groups is 1. The van der Waals surface area contributed by atoms with Gasteiger partial charge in [-0.15, -0.1) is 0 Å². The van der Waals surface area contributed by atoms with Crippen LogP contribution in [0, 0.1) is 11.3 Å². The van der Waals surface area contributed by atoms with Crippen molar-refractivity contribution in [2.75, 3.05) is 6.61 Å². The van der Waals surface area contributed by atoms with Crippen molar-refractivity contribution in [1.29, 1.82) is 0 Å². The van der Waals surface area contributed by atoms with Gasteiger partial charge in [-0.2, -0.15) is 5.10 Å². The molecule has 1 fully saturated rings. The normalized spacial score (nSPS) is 18.2. The van der Waals surface area contributed by atoms with Crippen molar-refractivity contribution in [2.45, 2.75) is 52.9 Å². The van der Waals surface area contributed by atoms with Crippen LogP contribution >= 0.6 is 11.6 Å². The van der Waals surface area contributed by atoms with E-state index in [4.69, 9.17) is 16.3 Å². The molecular weight excluding hydrogens is 324 g/mol. The number of amides is 1. The van der Waals surface area contributed by atoms with E-state index in [0.717, 1.165) is 37.3 Å². The molecule has 0 saturated heterocycles. The topological polar surface area (TPSA) is 50.7 Å². The molecule has 0 unspecified atom stereocenters. The molecule has 1 amide bonds. The number of hydrazone groups is 1. The van der Waals surface area contributed by atoms with Gasteiger partial charge in [0.05, 0.1) is 0 Å². The van der Waals surface area contributed by atoms with Gasteiger partial charge < -0.3 is 4.74 Å². The van der Waals surface area contributed by atoms with Crippen LogP contribution < -0.4 is 10.2 Å². The van der Waals surface area contributed by atoms with Crippen molar-refractivity contribution in [2.24, 2.45) is 16.4 Å². The molecule has 1 N–H and O–H groups in total. The molecule has 0 heterocycles. The van der Waals surface area contributed by atoms with Crippen molar-refractivity contribution in [3.05, 3.63) is 29.3 Å². The van der Waals surface area contributed by atoms with Crippen molar-refractivity contribution in [3.63, 3.8) is 0 Å². The molecule has 0 radical (unpaired) electrons. The first kappa shape index (κ1) is 18.8. The fourth-order valence-electron chi connectivity index (χ4n) is 2.99. The Morgan fingerprint density at radius 3 is 2.50 bits per heavy atom. The molecule has 132 valence electrons. The number of halogens is 1. The van der Waals surface area contributed by atoms with Crippen molar-refractivity contribution in [1.82, 2.24) is 5.43 Å². The Bertz CT molecular complexity index is 572. The Hall–Kier alpha value is -1.55. The third-order valence-corrected chi connectivity index (χ3v) is 5.35. The van der Waals surface area contributed by atoms with E-state index in [1.165, 1.54) is 6.42 Å². The molecular formula is C19H27ClN2O2. The summed E-state index contributed by atoms with van der Waals surface area (Å²) in [6, 6.07) is 6.92. The van der Waals surface area contributed by atoms with Crippen LogP contribution in [0.5, 0.6) is 5.75 Å². The van der Waals surface area contributed by atoms with E-state index >= 15 is 0 Å². The first-order valence-electron chi connectivity index (χ1n) is 8.63. The number of ether oxygens (including phenoxy) is 1. The maximum atomic E-state index is 11.8. The van der Waals surface area contributed by atoms with Crippen molar-refractivity contribution in [3.8, 4) is 5.75 Å². The molecule has 1 aromatic carbocycles. The van der Waals surface area contributed by atoms with Gasteiger partial charge in [0.2, 0.25) is 0 Å². The summed E-state index contributed by atoms with van der Waals surface area (Å²) < 4.78 is 5.40. The van der Waals surface area contributed by atoms with Crippen LogP contribution in [0.25, 0.3) is 0 Å². The van der Waals surface area contributed by atoms with E-state index in [-0.39, 0.29) is 12.5 Å². The Kier molecular flexibility index (Phi) is 6.67. The minimum atomic E-state index is -0.242.